The van der Waals surface area contributed by atoms with Crippen molar-refractivity contribution in [2.75, 3.05) is 26.2 Å². The van der Waals surface area contributed by atoms with Gasteiger partial charge < -0.3 is 20.0 Å². The predicted molar refractivity (Wildman–Crippen MR) is 66.3 cm³/mol. The molecule has 18 heavy (non-hydrogen) atoms. The summed E-state index contributed by atoms with van der Waals surface area (Å²) in [6, 6.07) is -0.127. The molecule has 1 heterocycles. The number of amides is 2. The third-order valence-electron chi connectivity index (χ3n) is 3.30. The van der Waals surface area contributed by atoms with Gasteiger partial charge in [-0.15, -0.1) is 0 Å². The van der Waals surface area contributed by atoms with Crippen molar-refractivity contribution in [3.05, 3.63) is 0 Å². The van der Waals surface area contributed by atoms with E-state index in [-0.39, 0.29) is 18.7 Å². The molecule has 1 fully saturated rings. The second-order valence-electron chi connectivity index (χ2n) is 4.78. The van der Waals surface area contributed by atoms with E-state index < -0.39 is 11.9 Å². The zero-order valence-electron chi connectivity index (χ0n) is 11.0. The molecule has 0 saturated carbocycles. The van der Waals surface area contributed by atoms with Gasteiger partial charge in [-0.1, -0.05) is 6.92 Å². The summed E-state index contributed by atoms with van der Waals surface area (Å²) >= 11 is 0. The molecule has 6 nitrogen and oxygen atoms in total. The number of aliphatic carboxylic acids is 1. The minimum Gasteiger partial charge on any atom is -0.481 e. The van der Waals surface area contributed by atoms with E-state index in [2.05, 4.69) is 0 Å². The molecule has 6 heteroatoms. The van der Waals surface area contributed by atoms with Gasteiger partial charge in [-0.2, -0.15) is 0 Å². The van der Waals surface area contributed by atoms with Crippen LogP contribution in [-0.2, 0) is 4.79 Å². The number of likely N-dealkylation sites (tertiary alicyclic amines) is 1. The minimum atomic E-state index is -0.893. The molecule has 0 bridgehead atoms. The number of carbonyl (C=O) groups is 2. The molecule has 1 unspecified atom stereocenters. The van der Waals surface area contributed by atoms with Crippen LogP contribution in [0.1, 0.15) is 26.7 Å². The maximum atomic E-state index is 12.2. The van der Waals surface area contributed by atoms with E-state index in [9.17, 15) is 14.7 Å². The molecule has 1 saturated heterocycles. The maximum Gasteiger partial charge on any atom is 0.320 e. The largest absolute Gasteiger partial charge is 0.481 e. The van der Waals surface area contributed by atoms with Crippen molar-refractivity contribution >= 4 is 12.0 Å². The molecular formula is C12H22N2O4. The van der Waals surface area contributed by atoms with E-state index in [0.29, 0.717) is 32.5 Å². The average molecular weight is 258 g/mol. The van der Waals surface area contributed by atoms with Crippen LogP contribution in [0.15, 0.2) is 0 Å². The van der Waals surface area contributed by atoms with Gasteiger partial charge in [-0.3, -0.25) is 4.79 Å². The lowest BCUT2D eigenvalue weighted by molar-refractivity contribution is -0.141. The van der Waals surface area contributed by atoms with E-state index in [0.717, 1.165) is 0 Å². The van der Waals surface area contributed by atoms with Gasteiger partial charge in [0.1, 0.15) is 0 Å². The van der Waals surface area contributed by atoms with Crippen LogP contribution in [-0.4, -0.2) is 64.3 Å². The zero-order chi connectivity index (χ0) is 13.7. The van der Waals surface area contributed by atoms with Gasteiger partial charge in [0.15, 0.2) is 0 Å². The Labute approximate surface area is 107 Å². The molecule has 1 rings (SSSR count). The van der Waals surface area contributed by atoms with Crippen molar-refractivity contribution in [2.24, 2.45) is 5.92 Å². The predicted octanol–water partition coefficient (Wildman–Crippen LogP) is 0.606. The van der Waals surface area contributed by atoms with Crippen LogP contribution in [0.5, 0.6) is 0 Å². The smallest absolute Gasteiger partial charge is 0.320 e. The number of carboxylic acids is 1. The van der Waals surface area contributed by atoms with Crippen molar-refractivity contribution in [1.29, 1.82) is 0 Å². The number of hydrogen-bond donors (Lipinski definition) is 2. The molecule has 0 spiro atoms. The lowest BCUT2D eigenvalue weighted by Gasteiger charge is -2.34. The summed E-state index contributed by atoms with van der Waals surface area (Å²) in [5.74, 6) is -1.46. The van der Waals surface area contributed by atoms with E-state index in [1.165, 1.54) is 0 Å². The van der Waals surface area contributed by atoms with Crippen LogP contribution < -0.4 is 0 Å². The fourth-order valence-electron chi connectivity index (χ4n) is 2.01. The molecule has 104 valence electrons. The standard InChI is InChI=1S/C12H22N2O4/c1-3-13(8-9(2)11(16)17)12(18)14-6-4-10(15)5-7-14/h9-10,15H,3-8H2,1-2H3,(H,16,17). The van der Waals surface area contributed by atoms with Crippen molar-refractivity contribution < 1.29 is 19.8 Å². The zero-order valence-corrected chi connectivity index (χ0v) is 11.0. The first-order chi connectivity index (χ1) is 8.45. The number of carboxylic acid groups (broad SMARTS) is 1. The van der Waals surface area contributed by atoms with Gasteiger partial charge >= 0.3 is 12.0 Å². The first-order valence-corrected chi connectivity index (χ1v) is 6.40. The lowest BCUT2D eigenvalue weighted by atomic mass is 10.1. The summed E-state index contributed by atoms with van der Waals surface area (Å²) in [6.07, 6.45) is 0.873. The fraction of sp³-hybridized carbons (Fsp3) is 0.833. The van der Waals surface area contributed by atoms with Crippen LogP contribution in [0.4, 0.5) is 4.79 Å². The highest BCUT2D eigenvalue weighted by molar-refractivity contribution is 5.76. The highest BCUT2D eigenvalue weighted by Crippen LogP contribution is 2.13. The third kappa shape index (κ3) is 3.87. The van der Waals surface area contributed by atoms with Gasteiger partial charge in [0, 0.05) is 26.2 Å². The highest BCUT2D eigenvalue weighted by atomic mass is 16.4. The Morgan fingerprint density at radius 3 is 2.39 bits per heavy atom. The van der Waals surface area contributed by atoms with Crippen LogP contribution >= 0.6 is 0 Å². The molecule has 0 aromatic carbocycles. The fourth-order valence-corrected chi connectivity index (χ4v) is 2.01. The third-order valence-corrected chi connectivity index (χ3v) is 3.30. The van der Waals surface area contributed by atoms with Crippen molar-refractivity contribution in [1.82, 2.24) is 9.80 Å². The van der Waals surface area contributed by atoms with Gasteiger partial charge in [0.25, 0.3) is 0 Å². The maximum absolute atomic E-state index is 12.2. The van der Waals surface area contributed by atoms with Crippen molar-refractivity contribution in [3.63, 3.8) is 0 Å². The number of aliphatic hydroxyl groups is 1. The molecule has 0 aromatic heterocycles. The first-order valence-electron chi connectivity index (χ1n) is 6.40. The summed E-state index contributed by atoms with van der Waals surface area (Å²) in [5, 5.41) is 18.3. The molecular weight excluding hydrogens is 236 g/mol. The SMILES string of the molecule is CCN(CC(C)C(=O)O)C(=O)N1CCC(O)CC1. The minimum absolute atomic E-state index is 0.127. The molecule has 0 aliphatic carbocycles. The quantitative estimate of drug-likeness (QED) is 0.774. The van der Waals surface area contributed by atoms with Crippen molar-refractivity contribution in [3.8, 4) is 0 Å². The van der Waals surface area contributed by atoms with Crippen LogP contribution in [0.3, 0.4) is 0 Å². The van der Waals surface area contributed by atoms with E-state index in [1.54, 1.807) is 16.7 Å². The summed E-state index contributed by atoms with van der Waals surface area (Å²) < 4.78 is 0. The number of hydrogen-bond acceptors (Lipinski definition) is 3. The Bertz CT molecular complexity index is 300. The number of urea groups is 1. The van der Waals surface area contributed by atoms with Gasteiger partial charge in [-0.25, -0.2) is 4.79 Å². The summed E-state index contributed by atoms with van der Waals surface area (Å²) in [4.78, 5) is 26.2. The number of nitrogens with zero attached hydrogens (tertiary/aromatic N) is 2. The van der Waals surface area contributed by atoms with Crippen molar-refractivity contribution in [2.45, 2.75) is 32.8 Å². The van der Waals surface area contributed by atoms with E-state index in [1.807, 2.05) is 6.92 Å². The monoisotopic (exact) mass is 258 g/mol. The topological polar surface area (TPSA) is 81.1 Å². The Kier molecular flexibility index (Phi) is 5.40. The molecule has 1 aliphatic rings. The van der Waals surface area contributed by atoms with Crippen LogP contribution in [0.25, 0.3) is 0 Å². The second-order valence-corrected chi connectivity index (χ2v) is 4.78. The summed E-state index contributed by atoms with van der Waals surface area (Å²) in [5.41, 5.74) is 0. The highest BCUT2D eigenvalue weighted by Gasteiger charge is 2.26. The number of rotatable bonds is 4. The molecule has 2 amide bonds. The lowest BCUT2D eigenvalue weighted by Crippen LogP contribution is -2.49. The van der Waals surface area contributed by atoms with E-state index in [4.69, 9.17) is 5.11 Å². The van der Waals surface area contributed by atoms with Gasteiger partial charge in [0.05, 0.1) is 12.0 Å². The number of piperidine rings is 1. The molecule has 1 aliphatic heterocycles. The van der Waals surface area contributed by atoms with E-state index >= 15 is 0 Å². The van der Waals surface area contributed by atoms with Gasteiger partial charge in [-0.05, 0) is 19.8 Å². The molecule has 2 N–H and O–H groups in total. The van der Waals surface area contributed by atoms with Crippen LogP contribution in [0, 0.1) is 5.92 Å². The Hall–Kier alpha value is -1.30. The second kappa shape index (κ2) is 6.58. The Morgan fingerprint density at radius 2 is 1.94 bits per heavy atom. The number of carbonyl (C=O) groups excluding carboxylic acids is 1. The summed E-state index contributed by atoms with van der Waals surface area (Å²) in [6.45, 7) is 5.23. The molecule has 0 aromatic rings. The average Bonchev–Trinajstić information content (AvgIpc) is 2.35. The molecule has 1 atom stereocenters. The normalized spacial score (nSPS) is 18.5. The first kappa shape index (κ1) is 14.8. The van der Waals surface area contributed by atoms with Gasteiger partial charge in [0.2, 0.25) is 0 Å². The summed E-state index contributed by atoms with van der Waals surface area (Å²) in [7, 11) is 0. The van der Waals surface area contributed by atoms with Crippen LogP contribution in [0.2, 0.25) is 0 Å². The molecule has 0 radical (unpaired) electrons. The Morgan fingerprint density at radius 1 is 1.39 bits per heavy atom. The number of aliphatic hydroxyl groups excluding tert-OH is 1. The Balaban J connectivity index is 2.54.